The fourth-order valence-electron chi connectivity index (χ4n) is 2.98. The van der Waals surface area contributed by atoms with Crippen LogP contribution in [0.4, 0.5) is 0 Å². The summed E-state index contributed by atoms with van der Waals surface area (Å²) in [5.41, 5.74) is 2.64. The molecular formula is C23H18ClN3OS. The molecule has 1 aromatic heterocycles. The zero-order chi connectivity index (χ0) is 20.1. The van der Waals surface area contributed by atoms with E-state index in [2.05, 4.69) is 22.3 Å². The minimum atomic E-state index is 0.0594. The second-order valence-electron chi connectivity index (χ2n) is 6.44. The number of thioether (sulfide) groups is 1. The summed E-state index contributed by atoms with van der Waals surface area (Å²) in [7, 11) is 0. The maximum Gasteiger partial charge on any atom is 0.192 e. The normalized spacial score (nSPS) is 10.8. The monoisotopic (exact) mass is 419 g/mol. The van der Waals surface area contributed by atoms with Crippen molar-refractivity contribution >= 4 is 29.1 Å². The number of carbonyl (C=O) groups excluding carboxylic acids is 1. The molecule has 0 radical (unpaired) electrons. The summed E-state index contributed by atoms with van der Waals surface area (Å²) in [5.74, 6) is 1.04. The van der Waals surface area contributed by atoms with Gasteiger partial charge in [0.05, 0.1) is 17.3 Å². The van der Waals surface area contributed by atoms with Crippen LogP contribution < -0.4 is 0 Å². The van der Waals surface area contributed by atoms with Gasteiger partial charge >= 0.3 is 0 Å². The van der Waals surface area contributed by atoms with Gasteiger partial charge in [0, 0.05) is 11.1 Å². The Morgan fingerprint density at radius 1 is 0.862 bits per heavy atom. The molecule has 0 bridgehead atoms. The van der Waals surface area contributed by atoms with Crippen molar-refractivity contribution < 1.29 is 4.79 Å². The largest absolute Gasteiger partial charge is 0.297 e. The average Bonchev–Trinajstić information content (AvgIpc) is 3.16. The Morgan fingerprint density at radius 2 is 1.52 bits per heavy atom. The number of hydrogen-bond acceptors (Lipinski definition) is 4. The second-order valence-corrected chi connectivity index (χ2v) is 7.79. The van der Waals surface area contributed by atoms with Crippen LogP contribution >= 0.6 is 23.4 Å². The lowest BCUT2D eigenvalue weighted by Crippen LogP contribution is -2.07. The molecule has 0 fully saturated rings. The molecule has 0 aliphatic heterocycles. The van der Waals surface area contributed by atoms with Gasteiger partial charge in [-0.05, 0) is 17.7 Å². The highest BCUT2D eigenvalue weighted by Gasteiger charge is 2.18. The second kappa shape index (κ2) is 9.07. The number of halogens is 1. The molecule has 4 aromatic rings. The molecule has 0 N–H and O–H groups in total. The van der Waals surface area contributed by atoms with E-state index in [-0.39, 0.29) is 5.78 Å². The van der Waals surface area contributed by atoms with Crippen LogP contribution in [-0.2, 0) is 6.54 Å². The van der Waals surface area contributed by atoms with Crippen LogP contribution in [0.25, 0.3) is 11.4 Å². The summed E-state index contributed by atoms with van der Waals surface area (Å²) in [4.78, 5) is 12.5. The molecule has 4 rings (SSSR count). The van der Waals surface area contributed by atoms with E-state index in [9.17, 15) is 4.79 Å². The van der Waals surface area contributed by atoms with Crippen LogP contribution in [0.5, 0.6) is 0 Å². The zero-order valence-corrected chi connectivity index (χ0v) is 17.1. The van der Waals surface area contributed by atoms with E-state index in [0.717, 1.165) is 11.1 Å². The van der Waals surface area contributed by atoms with E-state index >= 15 is 0 Å². The SMILES string of the molecule is O=C(CSc1nnc(-c2ccccc2Cl)n1Cc1ccccc1)c1ccccc1. The molecule has 0 atom stereocenters. The lowest BCUT2D eigenvalue weighted by molar-refractivity contribution is 0.102. The van der Waals surface area contributed by atoms with Crippen LogP contribution in [0.3, 0.4) is 0 Å². The molecule has 0 saturated carbocycles. The minimum Gasteiger partial charge on any atom is -0.297 e. The van der Waals surface area contributed by atoms with Crippen molar-refractivity contribution in [1.82, 2.24) is 14.8 Å². The van der Waals surface area contributed by atoms with Gasteiger partial charge in [0.1, 0.15) is 0 Å². The molecule has 0 amide bonds. The fourth-order valence-corrected chi connectivity index (χ4v) is 4.04. The number of rotatable bonds is 7. The first-order chi connectivity index (χ1) is 14.2. The fraction of sp³-hybridized carbons (Fsp3) is 0.0870. The third-order valence-electron chi connectivity index (χ3n) is 4.44. The molecule has 3 aromatic carbocycles. The van der Waals surface area contributed by atoms with Gasteiger partial charge in [0.2, 0.25) is 0 Å². The van der Waals surface area contributed by atoms with Crippen molar-refractivity contribution in [2.45, 2.75) is 11.7 Å². The first-order valence-corrected chi connectivity index (χ1v) is 10.5. The van der Waals surface area contributed by atoms with Crippen molar-refractivity contribution in [3.63, 3.8) is 0 Å². The standard InChI is InChI=1S/C23H18ClN3OS/c24-20-14-8-7-13-19(20)22-25-26-23(27(22)15-17-9-3-1-4-10-17)29-16-21(28)18-11-5-2-6-12-18/h1-14H,15-16H2. The molecule has 0 spiro atoms. The van der Waals surface area contributed by atoms with Gasteiger partial charge in [-0.1, -0.05) is 96.2 Å². The van der Waals surface area contributed by atoms with Gasteiger partial charge in [-0.3, -0.25) is 9.36 Å². The molecule has 144 valence electrons. The molecule has 0 unspecified atom stereocenters. The van der Waals surface area contributed by atoms with Gasteiger partial charge in [-0.15, -0.1) is 10.2 Å². The minimum absolute atomic E-state index is 0.0594. The first-order valence-electron chi connectivity index (χ1n) is 9.15. The summed E-state index contributed by atoms with van der Waals surface area (Å²) in [5, 5.41) is 10.1. The van der Waals surface area contributed by atoms with E-state index in [1.807, 2.05) is 77.4 Å². The van der Waals surface area contributed by atoms with Gasteiger partial charge in [-0.2, -0.15) is 0 Å². The molecule has 1 heterocycles. The summed E-state index contributed by atoms with van der Waals surface area (Å²) in [6.45, 7) is 0.594. The average molecular weight is 420 g/mol. The molecule has 29 heavy (non-hydrogen) atoms. The highest BCUT2D eigenvalue weighted by Crippen LogP contribution is 2.30. The molecule has 6 heteroatoms. The summed E-state index contributed by atoms with van der Waals surface area (Å²) < 4.78 is 2.01. The third-order valence-corrected chi connectivity index (χ3v) is 5.74. The van der Waals surface area contributed by atoms with Gasteiger partial charge in [0.15, 0.2) is 16.8 Å². The first kappa shape index (κ1) is 19.4. The summed E-state index contributed by atoms with van der Waals surface area (Å²) in [6.07, 6.45) is 0. The number of hydrogen-bond donors (Lipinski definition) is 0. The van der Waals surface area contributed by atoms with Gasteiger partial charge in [0.25, 0.3) is 0 Å². The van der Waals surface area contributed by atoms with E-state index in [1.165, 1.54) is 11.8 Å². The predicted octanol–water partition coefficient (Wildman–Crippen LogP) is 5.62. The predicted molar refractivity (Wildman–Crippen MR) is 118 cm³/mol. The Hall–Kier alpha value is -2.89. The smallest absolute Gasteiger partial charge is 0.192 e. The number of Topliss-reactive ketones (excluding diaryl/α,β-unsaturated/α-hetero) is 1. The van der Waals surface area contributed by atoms with Gasteiger partial charge < -0.3 is 0 Å². The lowest BCUT2D eigenvalue weighted by Gasteiger charge is -2.11. The molecule has 0 aliphatic carbocycles. The molecule has 4 nitrogen and oxygen atoms in total. The molecular weight excluding hydrogens is 402 g/mol. The van der Waals surface area contributed by atoms with Crippen molar-refractivity contribution in [2.24, 2.45) is 0 Å². The Labute approximate surface area is 178 Å². The van der Waals surface area contributed by atoms with Crippen LogP contribution in [0.1, 0.15) is 15.9 Å². The quantitative estimate of drug-likeness (QED) is 0.288. The molecule has 0 saturated heterocycles. The van der Waals surface area contributed by atoms with Crippen LogP contribution in [0.15, 0.2) is 90.1 Å². The summed E-state index contributed by atoms with van der Waals surface area (Å²) in [6, 6.07) is 27.0. The Kier molecular flexibility index (Phi) is 6.08. The topological polar surface area (TPSA) is 47.8 Å². The lowest BCUT2D eigenvalue weighted by atomic mass is 10.2. The Bertz CT molecular complexity index is 1110. The summed E-state index contributed by atoms with van der Waals surface area (Å²) >= 11 is 7.80. The third kappa shape index (κ3) is 4.58. The van der Waals surface area contributed by atoms with Crippen LogP contribution in [-0.4, -0.2) is 26.3 Å². The van der Waals surface area contributed by atoms with Crippen LogP contribution in [0, 0.1) is 0 Å². The van der Waals surface area contributed by atoms with E-state index in [0.29, 0.717) is 33.9 Å². The number of carbonyl (C=O) groups is 1. The molecule has 0 aliphatic rings. The highest BCUT2D eigenvalue weighted by atomic mass is 35.5. The van der Waals surface area contributed by atoms with E-state index in [4.69, 9.17) is 11.6 Å². The van der Waals surface area contributed by atoms with Gasteiger partial charge in [-0.25, -0.2) is 0 Å². The zero-order valence-electron chi connectivity index (χ0n) is 15.5. The Morgan fingerprint density at radius 3 is 2.24 bits per heavy atom. The highest BCUT2D eigenvalue weighted by molar-refractivity contribution is 7.99. The van der Waals surface area contributed by atoms with Crippen molar-refractivity contribution in [3.05, 3.63) is 101 Å². The van der Waals surface area contributed by atoms with E-state index < -0.39 is 0 Å². The van der Waals surface area contributed by atoms with Crippen molar-refractivity contribution in [1.29, 1.82) is 0 Å². The van der Waals surface area contributed by atoms with Crippen molar-refractivity contribution in [2.75, 3.05) is 5.75 Å². The number of ketones is 1. The van der Waals surface area contributed by atoms with Crippen molar-refractivity contribution in [3.8, 4) is 11.4 Å². The maximum atomic E-state index is 12.5. The van der Waals surface area contributed by atoms with Crippen LogP contribution in [0.2, 0.25) is 5.02 Å². The number of nitrogens with zero attached hydrogens (tertiary/aromatic N) is 3. The Balaban J connectivity index is 1.64. The number of benzene rings is 3. The maximum absolute atomic E-state index is 12.5. The number of aromatic nitrogens is 3. The van der Waals surface area contributed by atoms with E-state index in [1.54, 1.807) is 0 Å².